The van der Waals surface area contributed by atoms with Crippen LogP contribution in [0.3, 0.4) is 0 Å². The van der Waals surface area contributed by atoms with Crippen LogP contribution in [-0.2, 0) is 0 Å². The van der Waals surface area contributed by atoms with Crippen molar-refractivity contribution < 1.29 is 4.74 Å². The SMILES string of the molecule is COc1cnc(NC2CCN(C)C2)nc1. The lowest BCUT2D eigenvalue weighted by Crippen LogP contribution is -2.24. The number of rotatable bonds is 3. The van der Waals surface area contributed by atoms with Crippen LogP contribution in [0.2, 0.25) is 0 Å². The van der Waals surface area contributed by atoms with Crippen molar-refractivity contribution in [3.8, 4) is 5.75 Å². The van der Waals surface area contributed by atoms with E-state index in [1.807, 2.05) is 0 Å². The standard InChI is InChI=1S/C10H16N4O/c1-14-4-3-8(7-14)13-10-11-5-9(15-2)6-12-10/h5-6,8H,3-4,7H2,1-2H3,(H,11,12,13). The Labute approximate surface area is 89.5 Å². The second kappa shape index (κ2) is 4.44. The van der Waals surface area contributed by atoms with Gasteiger partial charge in [-0.1, -0.05) is 0 Å². The van der Waals surface area contributed by atoms with Crippen LogP contribution in [-0.4, -0.2) is 48.2 Å². The Balaban J connectivity index is 1.93. The molecule has 1 saturated heterocycles. The van der Waals surface area contributed by atoms with Gasteiger partial charge in [-0.2, -0.15) is 0 Å². The van der Waals surface area contributed by atoms with Gasteiger partial charge in [0.15, 0.2) is 5.75 Å². The summed E-state index contributed by atoms with van der Waals surface area (Å²) in [5.74, 6) is 1.36. The summed E-state index contributed by atoms with van der Waals surface area (Å²) >= 11 is 0. The molecule has 1 aliphatic heterocycles. The highest BCUT2D eigenvalue weighted by Crippen LogP contribution is 2.12. The number of aromatic nitrogens is 2. The number of hydrogen-bond donors (Lipinski definition) is 1. The molecular formula is C10H16N4O. The number of nitrogens with zero attached hydrogens (tertiary/aromatic N) is 3. The maximum absolute atomic E-state index is 5.00. The summed E-state index contributed by atoms with van der Waals surface area (Å²) in [5, 5.41) is 3.30. The molecule has 2 rings (SSSR count). The zero-order valence-corrected chi connectivity index (χ0v) is 9.10. The van der Waals surface area contributed by atoms with Crippen LogP contribution >= 0.6 is 0 Å². The number of likely N-dealkylation sites (tertiary alicyclic amines) is 1. The van der Waals surface area contributed by atoms with Crippen molar-refractivity contribution >= 4 is 5.95 Å². The number of hydrogen-bond acceptors (Lipinski definition) is 5. The van der Waals surface area contributed by atoms with Crippen molar-refractivity contribution in [1.82, 2.24) is 14.9 Å². The minimum Gasteiger partial charge on any atom is -0.494 e. The van der Waals surface area contributed by atoms with E-state index >= 15 is 0 Å². The molecule has 0 saturated carbocycles. The first kappa shape index (κ1) is 10.2. The van der Waals surface area contributed by atoms with Crippen LogP contribution in [0.15, 0.2) is 12.4 Å². The molecular weight excluding hydrogens is 192 g/mol. The van der Waals surface area contributed by atoms with E-state index in [4.69, 9.17) is 4.74 Å². The molecule has 1 fully saturated rings. The van der Waals surface area contributed by atoms with E-state index in [1.165, 1.54) is 0 Å². The van der Waals surface area contributed by atoms with E-state index in [0.29, 0.717) is 17.7 Å². The first-order chi connectivity index (χ1) is 7.28. The van der Waals surface area contributed by atoms with Crippen molar-refractivity contribution in [2.75, 3.05) is 32.6 Å². The molecule has 1 atom stereocenters. The van der Waals surface area contributed by atoms with Crippen LogP contribution in [0.25, 0.3) is 0 Å². The minimum atomic E-state index is 0.461. The van der Waals surface area contributed by atoms with Gasteiger partial charge in [-0.15, -0.1) is 0 Å². The maximum Gasteiger partial charge on any atom is 0.223 e. The summed E-state index contributed by atoms with van der Waals surface area (Å²) in [4.78, 5) is 10.6. The average molecular weight is 208 g/mol. The summed E-state index contributed by atoms with van der Waals surface area (Å²) < 4.78 is 5.00. The highest BCUT2D eigenvalue weighted by molar-refractivity contribution is 5.28. The number of likely N-dealkylation sites (N-methyl/N-ethyl adjacent to an activating group) is 1. The van der Waals surface area contributed by atoms with E-state index < -0.39 is 0 Å². The first-order valence-electron chi connectivity index (χ1n) is 5.09. The van der Waals surface area contributed by atoms with Gasteiger partial charge < -0.3 is 15.0 Å². The highest BCUT2D eigenvalue weighted by atomic mass is 16.5. The first-order valence-corrected chi connectivity index (χ1v) is 5.09. The van der Waals surface area contributed by atoms with Crippen LogP contribution in [0, 0.1) is 0 Å². The third-order valence-corrected chi connectivity index (χ3v) is 2.59. The molecule has 0 aliphatic carbocycles. The second-order valence-electron chi connectivity index (χ2n) is 3.84. The molecule has 82 valence electrons. The Morgan fingerprint density at radius 1 is 1.47 bits per heavy atom. The predicted molar refractivity (Wildman–Crippen MR) is 58.1 cm³/mol. The highest BCUT2D eigenvalue weighted by Gasteiger charge is 2.19. The molecule has 5 nitrogen and oxygen atoms in total. The summed E-state index contributed by atoms with van der Waals surface area (Å²) in [6.45, 7) is 2.18. The topological polar surface area (TPSA) is 50.3 Å². The molecule has 1 N–H and O–H groups in total. The third-order valence-electron chi connectivity index (χ3n) is 2.59. The lowest BCUT2D eigenvalue weighted by Gasteiger charge is -2.12. The van der Waals surface area contributed by atoms with Crippen LogP contribution < -0.4 is 10.1 Å². The second-order valence-corrected chi connectivity index (χ2v) is 3.84. The van der Waals surface area contributed by atoms with Gasteiger partial charge in [0.2, 0.25) is 5.95 Å². The van der Waals surface area contributed by atoms with Crippen molar-refractivity contribution in [2.45, 2.75) is 12.5 Å². The van der Waals surface area contributed by atoms with Gasteiger partial charge in [-0.3, -0.25) is 0 Å². The Kier molecular flexibility index (Phi) is 3.01. The molecule has 1 unspecified atom stereocenters. The number of methoxy groups -OCH3 is 1. The van der Waals surface area contributed by atoms with E-state index in [9.17, 15) is 0 Å². The fraction of sp³-hybridized carbons (Fsp3) is 0.600. The molecule has 0 bridgehead atoms. The predicted octanol–water partition coefficient (Wildman–Crippen LogP) is 0.601. The Hall–Kier alpha value is -1.36. The number of nitrogens with one attached hydrogen (secondary N) is 1. The summed E-state index contributed by atoms with van der Waals surface area (Å²) in [5.41, 5.74) is 0. The quantitative estimate of drug-likeness (QED) is 0.788. The van der Waals surface area contributed by atoms with Gasteiger partial charge in [-0.05, 0) is 20.0 Å². The van der Waals surface area contributed by atoms with Gasteiger partial charge in [0.25, 0.3) is 0 Å². The lowest BCUT2D eigenvalue weighted by molar-refractivity contribution is 0.410. The van der Waals surface area contributed by atoms with Gasteiger partial charge in [0.1, 0.15) is 0 Å². The van der Waals surface area contributed by atoms with Gasteiger partial charge in [-0.25, -0.2) is 9.97 Å². The van der Waals surface area contributed by atoms with Crippen molar-refractivity contribution in [2.24, 2.45) is 0 Å². The smallest absolute Gasteiger partial charge is 0.223 e. The molecule has 0 aromatic carbocycles. The Bertz CT molecular complexity index is 314. The van der Waals surface area contributed by atoms with Crippen molar-refractivity contribution in [3.63, 3.8) is 0 Å². The molecule has 0 spiro atoms. The fourth-order valence-electron chi connectivity index (χ4n) is 1.73. The lowest BCUT2D eigenvalue weighted by atomic mass is 10.3. The van der Waals surface area contributed by atoms with E-state index in [2.05, 4.69) is 27.2 Å². The zero-order chi connectivity index (χ0) is 10.7. The number of anilines is 1. The van der Waals surface area contributed by atoms with Crippen molar-refractivity contribution in [1.29, 1.82) is 0 Å². The molecule has 0 amide bonds. The van der Waals surface area contributed by atoms with Crippen LogP contribution in [0.1, 0.15) is 6.42 Å². The number of ether oxygens (including phenoxy) is 1. The summed E-state index contributed by atoms with van der Waals surface area (Å²) in [6, 6.07) is 0.461. The zero-order valence-electron chi connectivity index (χ0n) is 9.10. The van der Waals surface area contributed by atoms with E-state index in [0.717, 1.165) is 19.5 Å². The molecule has 5 heteroatoms. The minimum absolute atomic E-state index is 0.461. The van der Waals surface area contributed by atoms with E-state index in [-0.39, 0.29) is 0 Å². The molecule has 1 aromatic heterocycles. The molecule has 1 aromatic rings. The Morgan fingerprint density at radius 3 is 2.73 bits per heavy atom. The molecule has 1 aliphatic rings. The summed E-state index contributed by atoms with van der Waals surface area (Å²) in [6.07, 6.45) is 4.49. The molecule has 15 heavy (non-hydrogen) atoms. The molecule has 2 heterocycles. The fourth-order valence-corrected chi connectivity index (χ4v) is 1.73. The third kappa shape index (κ3) is 2.56. The normalized spacial score (nSPS) is 21.6. The van der Waals surface area contributed by atoms with Crippen LogP contribution in [0.4, 0.5) is 5.95 Å². The Morgan fingerprint density at radius 2 is 2.20 bits per heavy atom. The average Bonchev–Trinajstić information content (AvgIpc) is 2.65. The monoisotopic (exact) mass is 208 g/mol. The van der Waals surface area contributed by atoms with Gasteiger partial charge >= 0.3 is 0 Å². The summed E-state index contributed by atoms with van der Waals surface area (Å²) in [7, 11) is 3.73. The maximum atomic E-state index is 5.00. The van der Waals surface area contributed by atoms with Gasteiger partial charge in [0.05, 0.1) is 19.5 Å². The van der Waals surface area contributed by atoms with Gasteiger partial charge in [0, 0.05) is 12.6 Å². The van der Waals surface area contributed by atoms with Crippen LogP contribution in [0.5, 0.6) is 5.75 Å². The largest absolute Gasteiger partial charge is 0.494 e. The van der Waals surface area contributed by atoms with Crippen molar-refractivity contribution in [3.05, 3.63) is 12.4 Å². The molecule has 0 radical (unpaired) electrons. The van der Waals surface area contributed by atoms with E-state index in [1.54, 1.807) is 19.5 Å².